The molecule has 0 spiro atoms. The molecule has 456 valence electrons. The van der Waals surface area contributed by atoms with Crippen molar-refractivity contribution in [2.24, 2.45) is 0 Å². The second-order valence-corrected chi connectivity index (χ2v) is 24.3. The number of esters is 1. The molecule has 79 heavy (non-hydrogen) atoms. The first-order chi connectivity index (χ1) is 38.4. The minimum Gasteiger partial charge on any atom is -0.756 e. The van der Waals surface area contributed by atoms with Crippen molar-refractivity contribution in [3.05, 3.63) is 97.2 Å². The predicted octanol–water partition coefficient (Wildman–Crippen LogP) is 19.7. The highest BCUT2D eigenvalue weighted by molar-refractivity contribution is 7.45. The highest BCUT2D eigenvalue weighted by Crippen LogP contribution is 2.38. The zero-order valence-corrected chi connectivity index (χ0v) is 52.9. The molecule has 0 saturated carbocycles. The molecule has 0 aliphatic rings. The Labute approximate surface area is 488 Å². The number of amides is 1. The molecular formula is C69H123N2O7P. The molecule has 0 aromatic heterocycles. The second-order valence-electron chi connectivity index (χ2n) is 22.9. The van der Waals surface area contributed by atoms with E-state index in [2.05, 4.69) is 111 Å². The fraction of sp³-hybridized carbons (Fsp3) is 0.739. The van der Waals surface area contributed by atoms with Gasteiger partial charge >= 0.3 is 5.97 Å². The number of carbonyl (C=O) groups excluding carboxylic acids is 2. The lowest BCUT2D eigenvalue weighted by Gasteiger charge is -2.30. The van der Waals surface area contributed by atoms with Crippen molar-refractivity contribution in [1.82, 2.24) is 5.32 Å². The Morgan fingerprint density at radius 1 is 0.456 bits per heavy atom. The number of rotatable bonds is 58. The predicted molar refractivity (Wildman–Crippen MR) is 339 cm³/mol. The molecule has 3 unspecified atom stereocenters. The summed E-state index contributed by atoms with van der Waals surface area (Å²) >= 11 is 0. The normalized spacial score (nSPS) is 14.3. The molecule has 0 fully saturated rings. The van der Waals surface area contributed by atoms with Crippen molar-refractivity contribution >= 4 is 19.7 Å². The van der Waals surface area contributed by atoms with Gasteiger partial charge < -0.3 is 28.5 Å². The number of likely N-dealkylation sites (N-methyl/N-ethyl adjacent to an activating group) is 1. The van der Waals surface area contributed by atoms with Crippen LogP contribution in [0.25, 0.3) is 0 Å². The van der Waals surface area contributed by atoms with Crippen LogP contribution in [0.5, 0.6) is 0 Å². The van der Waals surface area contributed by atoms with E-state index in [1.54, 1.807) is 0 Å². The van der Waals surface area contributed by atoms with Gasteiger partial charge in [-0.15, -0.1) is 0 Å². The average Bonchev–Trinajstić information content (AvgIpc) is 3.41. The van der Waals surface area contributed by atoms with E-state index in [9.17, 15) is 19.0 Å². The summed E-state index contributed by atoms with van der Waals surface area (Å²) in [5, 5.41) is 3.02. The summed E-state index contributed by atoms with van der Waals surface area (Å²) in [5.74, 6) is -0.566. The van der Waals surface area contributed by atoms with E-state index >= 15 is 0 Å². The van der Waals surface area contributed by atoms with E-state index in [1.807, 2.05) is 33.3 Å². The number of nitrogens with zero attached hydrogens (tertiary/aromatic N) is 1. The Morgan fingerprint density at radius 2 is 0.810 bits per heavy atom. The largest absolute Gasteiger partial charge is 0.756 e. The first kappa shape index (κ1) is 75.9. The minimum absolute atomic E-state index is 0.0308. The maximum absolute atomic E-state index is 13.5. The topological polar surface area (TPSA) is 114 Å². The molecule has 1 amide bonds. The zero-order valence-electron chi connectivity index (χ0n) is 52.1. The van der Waals surface area contributed by atoms with Gasteiger partial charge in [-0.05, 0) is 109 Å². The fourth-order valence-corrected chi connectivity index (χ4v) is 9.71. The Balaban J connectivity index is 5.19. The molecule has 0 aromatic rings. The van der Waals surface area contributed by atoms with Gasteiger partial charge in [0.2, 0.25) is 5.91 Å². The number of hydrogen-bond donors (Lipinski definition) is 1. The first-order valence-corrected chi connectivity index (χ1v) is 34.0. The van der Waals surface area contributed by atoms with Gasteiger partial charge in [0.15, 0.2) is 0 Å². The van der Waals surface area contributed by atoms with Crippen molar-refractivity contribution in [1.29, 1.82) is 0 Å². The molecule has 0 radical (unpaired) electrons. The van der Waals surface area contributed by atoms with Crippen molar-refractivity contribution < 1.29 is 37.3 Å². The van der Waals surface area contributed by atoms with Crippen LogP contribution in [0.15, 0.2) is 97.2 Å². The molecular weight excluding hydrogens is 1000 g/mol. The van der Waals surface area contributed by atoms with Gasteiger partial charge in [-0.1, -0.05) is 253 Å². The maximum atomic E-state index is 13.5. The number of allylic oxidation sites excluding steroid dienone is 15. The molecule has 0 rings (SSSR count). The summed E-state index contributed by atoms with van der Waals surface area (Å²) in [6, 6.07) is -0.905. The van der Waals surface area contributed by atoms with Gasteiger partial charge in [0, 0.05) is 12.8 Å². The number of quaternary nitrogens is 1. The molecule has 9 nitrogen and oxygen atoms in total. The van der Waals surface area contributed by atoms with Crippen LogP contribution in [0, 0.1) is 0 Å². The van der Waals surface area contributed by atoms with Crippen LogP contribution in [0.3, 0.4) is 0 Å². The quantitative estimate of drug-likeness (QED) is 0.0212. The van der Waals surface area contributed by atoms with Crippen LogP contribution in [0.1, 0.15) is 278 Å². The third kappa shape index (κ3) is 59.4. The maximum Gasteiger partial charge on any atom is 0.306 e. The van der Waals surface area contributed by atoms with Gasteiger partial charge in [0.1, 0.15) is 19.3 Å². The Bertz CT molecular complexity index is 1670. The average molecular weight is 1120 g/mol. The first-order valence-electron chi connectivity index (χ1n) is 32.5. The van der Waals surface area contributed by atoms with Crippen molar-refractivity contribution in [2.75, 3.05) is 40.9 Å². The van der Waals surface area contributed by atoms with E-state index in [1.165, 1.54) is 128 Å². The van der Waals surface area contributed by atoms with Gasteiger partial charge in [-0.25, -0.2) is 0 Å². The lowest BCUT2D eigenvalue weighted by atomic mass is 10.0. The summed E-state index contributed by atoms with van der Waals surface area (Å²) in [6.45, 7) is 6.69. The molecule has 10 heteroatoms. The van der Waals surface area contributed by atoms with E-state index in [0.29, 0.717) is 23.9 Å². The van der Waals surface area contributed by atoms with Gasteiger partial charge in [0.05, 0.1) is 33.8 Å². The number of unbranched alkanes of at least 4 members (excludes halogenated alkanes) is 28. The number of carbonyl (C=O) groups is 2. The Morgan fingerprint density at radius 3 is 1.24 bits per heavy atom. The van der Waals surface area contributed by atoms with Gasteiger partial charge in [0.25, 0.3) is 7.82 Å². The lowest BCUT2D eigenvalue weighted by molar-refractivity contribution is -0.870. The number of ether oxygens (including phenoxy) is 1. The molecule has 0 aliphatic carbocycles. The van der Waals surface area contributed by atoms with E-state index < -0.39 is 26.6 Å². The zero-order chi connectivity index (χ0) is 57.9. The monoisotopic (exact) mass is 1120 g/mol. The van der Waals surface area contributed by atoms with Crippen LogP contribution in [0.2, 0.25) is 0 Å². The van der Waals surface area contributed by atoms with E-state index in [-0.39, 0.29) is 24.9 Å². The van der Waals surface area contributed by atoms with Crippen molar-refractivity contribution in [3.8, 4) is 0 Å². The molecule has 0 saturated heterocycles. The SMILES string of the molecule is CC/C=C\C/C=C\C/C=C\C/C=C\C/C=C\CCCCCCCC(=O)NC(COP(=O)([O-])OCC[N+](C)(C)C)C(/C=C/CCCCCCCCCCC)OC(=O)CCCCCCCCCCCCC/C=C\C/C=C\CCCCC. The summed E-state index contributed by atoms with van der Waals surface area (Å²) in [6.07, 6.45) is 78.0. The molecule has 0 heterocycles. The molecule has 0 aromatic carbocycles. The van der Waals surface area contributed by atoms with Gasteiger partial charge in [-0.2, -0.15) is 0 Å². The van der Waals surface area contributed by atoms with E-state index in [0.717, 1.165) is 109 Å². The number of nitrogens with one attached hydrogen (secondary N) is 1. The number of phosphoric acid groups is 1. The van der Waals surface area contributed by atoms with Crippen LogP contribution >= 0.6 is 7.82 Å². The fourth-order valence-electron chi connectivity index (χ4n) is 8.99. The van der Waals surface area contributed by atoms with Crippen LogP contribution < -0.4 is 10.2 Å². The number of phosphoric ester groups is 1. The molecule has 0 bridgehead atoms. The van der Waals surface area contributed by atoms with Crippen LogP contribution in [-0.4, -0.2) is 69.4 Å². The third-order valence-electron chi connectivity index (χ3n) is 14.0. The number of hydrogen-bond acceptors (Lipinski definition) is 7. The summed E-state index contributed by atoms with van der Waals surface area (Å²) in [5.41, 5.74) is 0. The standard InChI is InChI=1S/C69H123N2O7P/c1-7-10-13-16-19-22-25-27-29-31-33-35-37-39-41-43-46-49-52-55-58-61-68(72)70-66(65-77-79(74,75)76-64-63-71(4,5)6)67(60-57-54-51-48-45-24-21-18-15-12-9-3)78-69(73)62-59-56-53-50-47-44-42-40-38-36-34-32-30-28-26-23-20-17-14-11-8-2/h10,13,19-20,22-23,27-30,33,35,39,41,57,60,66-67H,7-9,11-12,14-18,21,24-26,31-32,34,36-38,40,42-56,58-59,61-65H2,1-6H3,(H-,70,72,74,75)/b13-10-,22-19-,23-20-,29-27-,30-28-,35-33-,41-39-,60-57+. The lowest BCUT2D eigenvalue weighted by Crippen LogP contribution is -2.47. The minimum atomic E-state index is -4.71. The Hall–Kier alpha value is -3.07. The van der Waals surface area contributed by atoms with Crippen LogP contribution in [0.4, 0.5) is 0 Å². The van der Waals surface area contributed by atoms with Crippen molar-refractivity contribution in [2.45, 2.75) is 290 Å². The second kappa shape index (κ2) is 58.1. The smallest absolute Gasteiger partial charge is 0.306 e. The summed E-state index contributed by atoms with van der Waals surface area (Å²) in [4.78, 5) is 40.0. The van der Waals surface area contributed by atoms with E-state index in [4.69, 9.17) is 13.8 Å². The molecule has 3 atom stereocenters. The Kier molecular flexibility index (Phi) is 55.9. The molecule has 0 aliphatic heterocycles. The van der Waals surface area contributed by atoms with Crippen LogP contribution in [-0.2, 0) is 27.9 Å². The van der Waals surface area contributed by atoms with Crippen molar-refractivity contribution in [3.63, 3.8) is 0 Å². The molecule has 1 N–H and O–H groups in total. The van der Waals surface area contributed by atoms with Gasteiger partial charge in [-0.3, -0.25) is 14.2 Å². The highest BCUT2D eigenvalue weighted by Gasteiger charge is 2.27. The summed E-state index contributed by atoms with van der Waals surface area (Å²) < 4.78 is 30.3. The summed E-state index contributed by atoms with van der Waals surface area (Å²) in [7, 11) is 1.16. The third-order valence-corrected chi connectivity index (χ3v) is 15.0. The highest BCUT2D eigenvalue weighted by atomic mass is 31.2.